The fraction of sp³-hybridized carbons (Fsp3) is 0.520. The second kappa shape index (κ2) is 9.59. The lowest BCUT2D eigenvalue weighted by molar-refractivity contribution is -0.139. The molecule has 1 N–H and O–H groups in total. The van der Waals surface area contributed by atoms with Gasteiger partial charge in [-0.1, -0.05) is 18.2 Å². The van der Waals surface area contributed by atoms with Gasteiger partial charge in [0.25, 0.3) is 5.91 Å². The van der Waals surface area contributed by atoms with E-state index < -0.39 is 39.8 Å². The second-order valence-electron chi connectivity index (χ2n) is 9.96. The lowest BCUT2D eigenvalue weighted by atomic mass is 9.98. The molecule has 0 radical (unpaired) electrons. The highest BCUT2D eigenvalue weighted by atomic mass is 32.2. The molecule has 2 saturated carbocycles. The standard InChI is InChI=1S/C25H28F2N2O5S2/c1-25(2)33-12-22(34-25)21-13-35-24(28-21)29-23(30)18(9-14-10-19(26)20(27)11-14)15-3-5-16(6-4-15)36(31,32)17-7-8-17/h3-6,9,13-14,17,19-20,22H,7-8,10-12H2,1-2H3,(H,28,29,30)/t14?,19-,20+,22?. The van der Waals surface area contributed by atoms with Gasteiger partial charge in [0.2, 0.25) is 0 Å². The maximum atomic E-state index is 13.8. The third kappa shape index (κ3) is 5.39. The minimum atomic E-state index is -3.38. The Morgan fingerprint density at radius 2 is 1.83 bits per heavy atom. The molecule has 1 aromatic carbocycles. The molecule has 2 aliphatic carbocycles. The zero-order valence-electron chi connectivity index (χ0n) is 19.9. The number of nitrogens with one attached hydrogen (secondary N) is 1. The number of ether oxygens (including phenoxy) is 2. The summed E-state index contributed by atoms with van der Waals surface area (Å²) in [6.45, 7) is 3.97. The summed E-state index contributed by atoms with van der Waals surface area (Å²) in [5.41, 5.74) is 1.32. The van der Waals surface area contributed by atoms with Gasteiger partial charge >= 0.3 is 0 Å². The van der Waals surface area contributed by atoms with Crippen LogP contribution in [0.4, 0.5) is 13.9 Å². The Morgan fingerprint density at radius 1 is 1.17 bits per heavy atom. The second-order valence-corrected chi connectivity index (χ2v) is 13.0. The van der Waals surface area contributed by atoms with Gasteiger partial charge in [-0.2, -0.15) is 0 Å². The Kier molecular flexibility index (Phi) is 6.78. The number of amides is 1. The highest BCUT2D eigenvalue weighted by Crippen LogP contribution is 2.37. The van der Waals surface area contributed by atoms with Gasteiger partial charge in [-0.05, 0) is 63.1 Å². The number of hydrogen-bond acceptors (Lipinski definition) is 7. The molecule has 2 heterocycles. The lowest BCUT2D eigenvalue weighted by Crippen LogP contribution is -2.19. The lowest BCUT2D eigenvalue weighted by Gasteiger charge is -2.16. The maximum Gasteiger partial charge on any atom is 0.257 e. The number of carbonyl (C=O) groups excluding carboxylic acids is 1. The fourth-order valence-electron chi connectivity index (χ4n) is 4.53. The molecule has 2 unspecified atom stereocenters. The van der Waals surface area contributed by atoms with Gasteiger partial charge in [0.15, 0.2) is 20.8 Å². The van der Waals surface area contributed by atoms with Crippen LogP contribution in [0.25, 0.3) is 5.57 Å². The Morgan fingerprint density at radius 3 is 2.42 bits per heavy atom. The fourth-order valence-corrected chi connectivity index (χ4v) is 6.93. The number of sulfone groups is 1. The van der Waals surface area contributed by atoms with E-state index in [4.69, 9.17) is 9.47 Å². The molecule has 1 aliphatic heterocycles. The Balaban J connectivity index is 1.38. The van der Waals surface area contributed by atoms with Crippen LogP contribution in [0.15, 0.2) is 40.6 Å². The van der Waals surface area contributed by atoms with E-state index >= 15 is 0 Å². The van der Waals surface area contributed by atoms with Crippen molar-refractivity contribution in [2.75, 3.05) is 11.9 Å². The van der Waals surface area contributed by atoms with Gasteiger partial charge in [0, 0.05) is 11.0 Å². The Hall–Kier alpha value is -2.21. The van der Waals surface area contributed by atoms with Crippen molar-refractivity contribution in [2.24, 2.45) is 5.92 Å². The topological polar surface area (TPSA) is 94.6 Å². The molecule has 1 saturated heterocycles. The van der Waals surface area contributed by atoms with E-state index in [1.54, 1.807) is 23.6 Å². The first kappa shape index (κ1) is 25.4. The number of nitrogens with zero attached hydrogens (tertiary/aromatic N) is 1. The summed E-state index contributed by atoms with van der Waals surface area (Å²) in [5.74, 6) is -1.66. The largest absolute Gasteiger partial charge is 0.347 e. The molecule has 3 aliphatic rings. The minimum absolute atomic E-state index is 0.0116. The van der Waals surface area contributed by atoms with Crippen molar-refractivity contribution in [1.82, 2.24) is 4.98 Å². The first-order chi connectivity index (χ1) is 17.0. The monoisotopic (exact) mass is 538 g/mol. The van der Waals surface area contributed by atoms with E-state index in [0.29, 0.717) is 35.8 Å². The zero-order chi connectivity index (χ0) is 25.7. The molecule has 5 rings (SSSR count). The normalized spacial score (nSPS) is 28.4. The van der Waals surface area contributed by atoms with E-state index in [9.17, 15) is 22.0 Å². The van der Waals surface area contributed by atoms with Crippen molar-refractivity contribution in [2.45, 2.75) is 73.9 Å². The minimum Gasteiger partial charge on any atom is -0.347 e. The molecule has 1 aromatic heterocycles. The van der Waals surface area contributed by atoms with Crippen LogP contribution in [0.3, 0.4) is 0 Å². The zero-order valence-corrected chi connectivity index (χ0v) is 21.6. The number of thiazole rings is 1. The van der Waals surface area contributed by atoms with Crippen LogP contribution in [0.1, 0.15) is 56.9 Å². The summed E-state index contributed by atoms with van der Waals surface area (Å²) in [4.78, 5) is 18.0. The maximum absolute atomic E-state index is 13.8. The van der Waals surface area contributed by atoms with Gasteiger partial charge in [-0.3, -0.25) is 10.1 Å². The number of hydrogen-bond donors (Lipinski definition) is 1. The first-order valence-corrected chi connectivity index (χ1v) is 14.4. The molecule has 7 nitrogen and oxygen atoms in total. The van der Waals surface area contributed by atoms with Gasteiger partial charge in [0.1, 0.15) is 18.4 Å². The van der Waals surface area contributed by atoms with Crippen molar-refractivity contribution in [3.63, 3.8) is 0 Å². The predicted octanol–water partition coefficient (Wildman–Crippen LogP) is 5.01. The molecule has 4 atom stereocenters. The predicted molar refractivity (Wildman–Crippen MR) is 132 cm³/mol. The molecular formula is C25H28F2N2O5S2. The molecular weight excluding hydrogens is 510 g/mol. The highest BCUT2D eigenvalue weighted by Gasteiger charge is 2.38. The number of anilines is 1. The van der Waals surface area contributed by atoms with Crippen molar-refractivity contribution in [3.05, 3.63) is 47.0 Å². The number of benzene rings is 1. The van der Waals surface area contributed by atoms with Crippen LogP contribution in [-0.2, 0) is 24.1 Å². The third-order valence-electron chi connectivity index (χ3n) is 6.63. The van der Waals surface area contributed by atoms with E-state index in [0.717, 1.165) is 0 Å². The van der Waals surface area contributed by atoms with Crippen molar-refractivity contribution < 1.29 is 31.5 Å². The summed E-state index contributed by atoms with van der Waals surface area (Å²) < 4.78 is 64.2. The van der Waals surface area contributed by atoms with Crippen LogP contribution in [0.2, 0.25) is 0 Å². The Bertz CT molecular complexity index is 1260. The highest BCUT2D eigenvalue weighted by molar-refractivity contribution is 7.92. The van der Waals surface area contributed by atoms with Gasteiger partial charge in [0.05, 0.1) is 22.4 Å². The molecule has 2 aromatic rings. The van der Waals surface area contributed by atoms with Crippen LogP contribution in [0.5, 0.6) is 0 Å². The van der Waals surface area contributed by atoms with Crippen molar-refractivity contribution in [3.8, 4) is 0 Å². The summed E-state index contributed by atoms with van der Waals surface area (Å²) in [6, 6.07) is 6.09. The molecule has 0 bridgehead atoms. The summed E-state index contributed by atoms with van der Waals surface area (Å²) in [7, 11) is -3.38. The summed E-state index contributed by atoms with van der Waals surface area (Å²) in [5, 5.41) is 4.56. The third-order valence-corrected chi connectivity index (χ3v) is 9.69. The van der Waals surface area contributed by atoms with Gasteiger partial charge in [-0.25, -0.2) is 22.2 Å². The van der Waals surface area contributed by atoms with Crippen LogP contribution < -0.4 is 5.32 Å². The van der Waals surface area contributed by atoms with Crippen LogP contribution in [-0.4, -0.2) is 49.3 Å². The molecule has 3 fully saturated rings. The van der Waals surface area contributed by atoms with E-state index in [-0.39, 0.29) is 34.7 Å². The SMILES string of the molecule is CC1(C)OCC(c2csc(NC(=O)C(=CC3C[C@@H](F)[C@@H](F)C3)c3ccc(S(=O)(=O)C4CC4)cc3)n2)O1. The number of rotatable bonds is 7. The van der Waals surface area contributed by atoms with Crippen LogP contribution >= 0.6 is 11.3 Å². The average molecular weight is 539 g/mol. The van der Waals surface area contributed by atoms with E-state index in [2.05, 4.69) is 10.3 Å². The van der Waals surface area contributed by atoms with Gasteiger partial charge in [-0.15, -0.1) is 11.3 Å². The number of aromatic nitrogens is 1. The van der Waals surface area contributed by atoms with Crippen molar-refractivity contribution >= 4 is 37.8 Å². The number of allylic oxidation sites excluding steroid dienone is 1. The van der Waals surface area contributed by atoms with Crippen LogP contribution in [0, 0.1) is 5.92 Å². The molecule has 0 spiro atoms. The smallest absolute Gasteiger partial charge is 0.257 e. The quantitative estimate of drug-likeness (QED) is 0.498. The number of halogens is 2. The molecule has 194 valence electrons. The molecule has 36 heavy (non-hydrogen) atoms. The van der Waals surface area contributed by atoms with Gasteiger partial charge < -0.3 is 9.47 Å². The van der Waals surface area contributed by atoms with Crippen molar-refractivity contribution in [1.29, 1.82) is 0 Å². The molecule has 11 heteroatoms. The molecule has 1 amide bonds. The first-order valence-electron chi connectivity index (χ1n) is 11.9. The number of carbonyl (C=O) groups is 1. The van der Waals surface area contributed by atoms with E-state index in [1.807, 2.05) is 13.8 Å². The summed E-state index contributed by atoms with van der Waals surface area (Å²) in [6.07, 6.45) is -0.623. The average Bonchev–Trinajstić information content (AvgIpc) is 3.39. The number of alkyl halides is 2. The van der Waals surface area contributed by atoms with E-state index in [1.165, 1.54) is 23.5 Å². The Labute approximate surface area is 212 Å². The summed E-state index contributed by atoms with van der Waals surface area (Å²) >= 11 is 1.23.